The van der Waals surface area contributed by atoms with Crippen molar-refractivity contribution in [3.05, 3.63) is 29.3 Å². The van der Waals surface area contributed by atoms with Crippen LogP contribution >= 0.6 is 0 Å². The fourth-order valence-corrected chi connectivity index (χ4v) is 2.64. The molecular weight excluding hydrogens is 222 g/mol. The van der Waals surface area contributed by atoms with Gasteiger partial charge in [-0.05, 0) is 44.2 Å². The highest BCUT2D eigenvalue weighted by Gasteiger charge is 2.19. The van der Waals surface area contributed by atoms with Gasteiger partial charge in [-0.25, -0.2) is 0 Å². The van der Waals surface area contributed by atoms with E-state index in [0.717, 1.165) is 31.1 Å². The zero-order valence-corrected chi connectivity index (χ0v) is 11.8. The fraction of sp³-hybridized carbons (Fsp3) is 0.625. The Morgan fingerprint density at radius 2 is 2.11 bits per heavy atom. The SMILES string of the molecule is CNC(CCC(C)C)c1cccc2c1OCCC2. The van der Waals surface area contributed by atoms with E-state index in [1.54, 1.807) is 0 Å². The van der Waals surface area contributed by atoms with Gasteiger partial charge in [0.1, 0.15) is 5.75 Å². The number of hydrogen-bond donors (Lipinski definition) is 1. The third-order valence-corrected chi connectivity index (χ3v) is 3.72. The van der Waals surface area contributed by atoms with Gasteiger partial charge in [0.05, 0.1) is 6.61 Å². The number of hydrogen-bond acceptors (Lipinski definition) is 2. The summed E-state index contributed by atoms with van der Waals surface area (Å²) in [6, 6.07) is 7.00. The Labute approximate surface area is 111 Å². The molecule has 0 bridgehead atoms. The van der Waals surface area contributed by atoms with Crippen molar-refractivity contribution >= 4 is 0 Å². The highest BCUT2D eigenvalue weighted by atomic mass is 16.5. The van der Waals surface area contributed by atoms with Crippen LogP contribution in [0.3, 0.4) is 0 Å². The Kier molecular flexibility index (Phi) is 4.65. The molecule has 0 fully saturated rings. The molecular formula is C16H25NO. The molecule has 2 heteroatoms. The molecule has 0 saturated heterocycles. The van der Waals surface area contributed by atoms with Gasteiger partial charge in [-0.1, -0.05) is 32.0 Å². The van der Waals surface area contributed by atoms with Crippen molar-refractivity contribution in [2.24, 2.45) is 5.92 Å². The van der Waals surface area contributed by atoms with E-state index in [1.807, 2.05) is 7.05 Å². The second-order valence-corrected chi connectivity index (χ2v) is 5.60. The zero-order valence-electron chi connectivity index (χ0n) is 11.8. The number of ether oxygens (including phenoxy) is 1. The average molecular weight is 247 g/mol. The molecule has 18 heavy (non-hydrogen) atoms. The Morgan fingerprint density at radius 1 is 1.28 bits per heavy atom. The Balaban J connectivity index is 2.19. The first kappa shape index (κ1) is 13.4. The summed E-state index contributed by atoms with van der Waals surface area (Å²) >= 11 is 0. The molecule has 0 saturated carbocycles. The summed E-state index contributed by atoms with van der Waals surface area (Å²) < 4.78 is 5.90. The summed E-state index contributed by atoms with van der Waals surface area (Å²) in [6.07, 6.45) is 4.72. The maximum atomic E-state index is 5.90. The number of fused-ring (bicyclic) bond motifs is 1. The highest BCUT2D eigenvalue weighted by molar-refractivity contribution is 5.44. The molecule has 100 valence electrons. The molecule has 1 unspecified atom stereocenters. The van der Waals surface area contributed by atoms with Gasteiger partial charge in [0.15, 0.2) is 0 Å². The molecule has 2 rings (SSSR count). The van der Waals surface area contributed by atoms with Gasteiger partial charge < -0.3 is 10.1 Å². The molecule has 0 amide bonds. The molecule has 2 nitrogen and oxygen atoms in total. The summed E-state index contributed by atoms with van der Waals surface area (Å²) in [6.45, 7) is 5.43. The lowest BCUT2D eigenvalue weighted by Gasteiger charge is -2.25. The molecule has 1 aromatic rings. The average Bonchev–Trinajstić information content (AvgIpc) is 2.39. The van der Waals surface area contributed by atoms with Crippen molar-refractivity contribution < 1.29 is 4.74 Å². The minimum absolute atomic E-state index is 0.417. The monoisotopic (exact) mass is 247 g/mol. The molecule has 1 N–H and O–H groups in total. The fourth-order valence-electron chi connectivity index (χ4n) is 2.64. The predicted octanol–water partition coefficient (Wildman–Crippen LogP) is 3.71. The number of aryl methyl sites for hydroxylation is 1. The van der Waals surface area contributed by atoms with Gasteiger partial charge in [-0.3, -0.25) is 0 Å². The minimum atomic E-state index is 0.417. The van der Waals surface area contributed by atoms with Crippen LogP contribution in [0, 0.1) is 5.92 Å². The quantitative estimate of drug-likeness (QED) is 0.856. The lowest BCUT2D eigenvalue weighted by molar-refractivity contribution is 0.280. The van der Waals surface area contributed by atoms with Gasteiger partial charge in [0.25, 0.3) is 0 Å². The Bertz CT molecular complexity index is 387. The number of rotatable bonds is 5. The molecule has 1 aliphatic heterocycles. The summed E-state index contributed by atoms with van der Waals surface area (Å²) in [5, 5.41) is 3.44. The second kappa shape index (κ2) is 6.24. The van der Waals surface area contributed by atoms with Crippen molar-refractivity contribution in [3.63, 3.8) is 0 Å². The maximum absolute atomic E-state index is 5.90. The summed E-state index contributed by atoms with van der Waals surface area (Å²) in [5.74, 6) is 1.90. The van der Waals surface area contributed by atoms with E-state index >= 15 is 0 Å². The third kappa shape index (κ3) is 3.05. The van der Waals surface area contributed by atoms with Gasteiger partial charge in [-0.2, -0.15) is 0 Å². The van der Waals surface area contributed by atoms with E-state index in [1.165, 1.54) is 24.0 Å². The van der Waals surface area contributed by atoms with Crippen LogP contribution in [-0.2, 0) is 6.42 Å². The summed E-state index contributed by atoms with van der Waals surface area (Å²) in [7, 11) is 2.05. The van der Waals surface area contributed by atoms with Gasteiger partial charge in [-0.15, -0.1) is 0 Å². The van der Waals surface area contributed by atoms with E-state index in [0.29, 0.717) is 6.04 Å². The standard InChI is InChI=1S/C16H25NO/c1-12(2)9-10-15(17-3)14-8-4-6-13-7-5-11-18-16(13)14/h4,6,8,12,15,17H,5,7,9-11H2,1-3H3. The first-order chi connectivity index (χ1) is 8.72. The maximum Gasteiger partial charge on any atom is 0.127 e. The van der Waals surface area contributed by atoms with Crippen molar-refractivity contribution in [2.75, 3.05) is 13.7 Å². The number of nitrogens with one attached hydrogen (secondary N) is 1. The molecule has 0 radical (unpaired) electrons. The normalized spacial score (nSPS) is 16.2. The molecule has 1 aliphatic rings. The van der Waals surface area contributed by atoms with E-state index in [4.69, 9.17) is 4.74 Å². The largest absolute Gasteiger partial charge is 0.493 e. The van der Waals surface area contributed by atoms with Crippen molar-refractivity contribution in [3.8, 4) is 5.75 Å². The molecule has 0 spiro atoms. The molecule has 1 heterocycles. The molecule has 0 aromatic heterocycles. The molecule has 1 aromatic carbocycles. The van der Waals surface area contributed by atoms with Crippen LogP contribution in [-0.4, -0.2) is 13.7 Å². The van der Waals surface area contributed by atoms with Crippen LogP contribution < -0.4 is 10.1 Å². The predicted molar refractivity (Wildman–Crippen MR) is 76.1 cm³/mol. The van der Waals surface area contributed by atoms with Crippen LogP contribution in [0.5, 0.6) is 5.75 Å². The van der Waals surface area contributed by atoms with E-state index in [2.05, 4.69) is 37.4 Å². The van der Waals surface area contributed by atoms with E-state index in [9.17, 15) is 0 Å². The number of para-hydroxylation sites is 1. The van der Waals surface area contributed by atoms with Gasteiger partial charge >= 0.3 is 0 Å². The van der Waals surface area contributed by atoms with Crippen molar-refractivity contribution in [2.45, 2.75) is 45.6 Å². The first-order valence-corrected chi connectivity index (χ1v) is 7.14. The topological polar surface area (TPSA) is 21.3 Å². The second-order valence-electron chi connectivity index (χ2n) is 5.60. The van der Waals surface area contributed by atoms with E-state index in [-0.39, 0.29) is 0 Å². The van der Waals surface area contributed by atoms with Crippen LogP contribution in [0.2, 0.25) is 0 Å². The van der Waals surface area contributed by atoms with Gasteiger partial charge in [0.2, 0.25) is 0 Å². The van der Waals surface area contributed by atoms with Crippen molar-refractivity contribution in [1.82, 2.24) is 5.32 Å². The van der Waals surface area contributed by atoms with Crippen LogP contribution in [0.25, 0.3) is 0 Å². The van der Waals surface area contributed by atoms with Crippen LogP contribution in [0.4, 0.5) is 0 Å². The lowest BCUT2D eigenvalue weighted by Crippen LogP contribution is -2.20. The van der Waals surface area contributed by atoms with Crippen LogP contribution in [0.1, 0.15) is 50.3 Å². The highest BCUT2D eigenvalue weighted by Crippen LogP contribution is 2.34. The lowest BCUT2D eigenvalue weighted by atomic mass is 9.93. The third-order valence-electron chi connectivity index (χ3n) is 3.72. The van der Waals surface area contributed by atoms with Gasteiger partial charge in [0, 0.05) is 11.6 Å². The van der Waals surface area contributed by atoms with E-state index < -0.39 is 0 Å². The summed E-state index contributed by atoms with van der Waals surface area (Å²) in [5.41, 5.74) is 2.72. The Hall–Kier alpha value is -1.02. The zero-order chi connectivity index (χ0) is 13.0. The smallest absolute Gasteiger partial charge is 0.127 e. The summed E-state index contributed by atoms with van der Waals surface area (Å²) in [4.78, 5) is 0. The van der Waals surface area contributed by atoms with Crippen LogP contribution in [0.15, 0.2) is 18.2 Å². The number of benzene rings is 1. The minimum Gasteiger partial charge on any atom is -0.493 e. The molecule has 1 atom stereocenters. The molecule has 0 aliphatic carbocycles. The Morgan fingerprint density at radius 3 is 2.83 bits per heavy atom. The van der Waals surface area contributed by atoms with Crippen molar-refractivity contribution in [1.29, 1.82) is 0 Å². The first-order valence-electron chi connectivity index (χ1n) is 7.14.